The topological polar surface area (TPSA) is 38.0 Å². The number of rotatable bonds is 9. The third kappa shape index (κ3) is 6.18. The molecule has 2 nitrogen and oxygen atoms in total. The van der Waals surface area contributed by atoms with Gasteiger partial charge in [-0.2, -0.15) is 0 Å². The molecule has 0 aliphatic heterocycles. The van der Waals surface area contributed by atoms with Gasteiger partial charge in [-0.1, -0.05) is 45.4 Å². The molecule has 1 heterocycles. The summed E-state index contributed by atoms with van der Waals surface area (Å²) >= 11 is 4.15. The van der Waals surface area contributed by atoms with E-state index in [1.165, 1.54) is 47.0 Å². The lowest BCUT2D eigenvalue weighted by Gasteiger charge is -2.14. The van der Waals surface area contributed by atoms with Gasteiger partial charge in [0.15, 0.2) is 0 Å². The quantitative estimate of drug-likeness (QED) is 0.290. The maximum atomic E-state index is 5.63. The highest BCUT2D eigenvalue weighted by Crippen LogP contribution is 2.25. The van der Waals surface area contributed by atoms with Crippen LogP contribution in [0.5, 0.6) is 0 Å². The highest BCUT2D eigenvalue weighted by atomic mass is 127. The van der Waals surface area contributed by atoms with Gasteiger partial charge < -0.3 is 0 Å². The van der Waals surface area contributed by atoms with Gasteiger partial charge in [-0.3, -0.25) is 11.3 Å². The summed E-state index contributed by atoms with van der Waals surface area (Å²) < 4.78 is 1.33. The third-order valence-electron chi connectivity index (χ3n) is 3.04. The molecule has 3 N–H and O–H groups in total. The molecular formula is C13H23IN2S. The Labute approximate surface area is 122 Å². The van der Waals surface area contributed by atoms with Gasteiger partial charge in [-0.05, 0) is 46.0 Å². The summed E-state index contributed by atoms with van der Waals surface area (Å²) in [6.07, 6.45) is 9.20. The molecule has 0 spiro atoms. The van der Waals surface area contributed by atoms with E-state index >= 15 is 0 Å². The Kier molecular flexibility index (Phi) is 8.43. The van der Waals surface area contributed by atoms with E-state index in [9.17, 15) is 0 Å². The first-order valence-electron chi connectivity index (χ1n) is 6.48. The normalized spacial score (nSPS) is 12.9. The molecule has 0 saturated heterocycles. The van der Waals surface area contributed by atoms with Crippen molar-refractivity contribution in [2.75, 3.05) is 0 Å². The second kappa shape index (κ2) is 9.30. The second-order valence-corrected chi connectivity index (χ2v) is 7.27. The Bertz CT molecular complexity index is 301. The molecule has 0 aromatic carbocycles. The van der Waals surface area contributed by atoms with E-state index in [-0.39, 0.29) is 0 Å². The van der Waals surface area contributed by atoms with Crippen molar-refractivity contribution >= 4 is 33.9 Å². The van der Waals surface area contributed by atoms with Crippen molar-refractivity contribution < 1.29 is 0 Å². The van der Waals surface area contributed by atoms with Crippen molar-refractivity contribution in [3.8, 4) is 0 Å². The fraction of sp³-hybridized carbons (Fsp3) is 0.692. The molecule has 0 bridgehead atoms. The molecule has 0 aliphatic carbocycles. The standard InChI is InChI=1S/C13H23IN2S/c1-2-3-4-5-6-7-8-12(16-15)11-9-13(14)17-10-11/h9-10,12,16H,2-8,15H2,1H3. The van der Waals surface area contributed by atoms with Gasteiger partial charge in [0, 0.05) is 6.04 Å². The maximum absolute atomic E-state index is 5.63. The Balaban J connectivity index is 2.19. The van der Waals surface area contributed by atoms with Crippen LogP contribution in [0.25, 0.3) is 0 Å². The predicted octanol–water partition coefficient (Wildman–Crippen LogP) is 4.61. The highest BCUT2D eigenvalue weighted by molar-refractivity contribution is 14.1. The van der Waals surface area contributed by atoms with Crippen LogP contribution in [0.1, 0.15) is 63.5 Å². The first kappa shape index (κ1) is 15.4. The van der Waals surface area contributed by atoms with Gasteiger partial charge in [0.25, 0.3) is 0 Å². The van der Waals surface area contributed by atoms with E-state index in [0.717, 1.165) is 6.42 Å². The zero-order valence-electron chi connectivity index (χ0n) is 10.5. The number of nitrogens with two attached hydrogens (primary N) is 1. The Morgan fingerprint density at radius 2 is 2.00 bits per heavy atom. The van der Waals surface area contributed by atoms with Crippen molar-refractivity contribution in [2.24, 2.45) is 5.84 Å². The molecule has 1 aromatic heterocycles. The zero-order chi connectivity index (χ0) is 12.5. The summed E-state index contributed by atoms with van der Waals surface area (Å²) in [6.45, 7) is 2.26. The van der Waals surface area contributed by atoms with Crippen LogP contribution in [0, 0.1) is 2.88 Å². The van der Waals surface area contributed by atoms with Gasteiger partial charge in [-0.25, -0.2) is 0 Å². The van der Waals surface area contributed by atoms with Crippen LogP contribution in [-0.2, 0) is 0 Å². The number of hydrazine groups is 1. The van der Waals surface area contributed by atoms with Crippen LogP contribution >= 0.6 is 33.9 Å². The van der Waals surface area contributed by atoms with Gasteiger partial charge in [0.05, 0.1) is 2.88 Å². The van der Waals surface area contributed by atoms with Crippen molar-refractivity contribution in [1.82, 2.24) is 5.43 Å². The second-order valence-electron chi connectivity index (χ2n) is 4.46. The van der Waals surface area contributed by atoms with Crippen LogP contribution in [0.2, 0.25) is 0 Å². The van der Waals surface area contributed by atoms with Crippen LogP contribution in [0.4, 0.5) is 0 Å². The molecule has 0 aliphatic rings. The Morgan fingerprint density at radius 3 is 2.59 bits per heavy atom. The first-order chi connectivity index (χ1) is 8.27. The molecule has 1 atom stereocenters. The van der Waals surface area contributed by atoms with Crippen molar-refractivity contribution in [1.29, 1.82) is 0 Å². The minimum atomic E-state index is 0.334. The van der Waals surface area contributed by atoms with E-state index in [2.05, 4.69) is 46.4 Å². The van der Waals surface area contributed by atoms with E-state index in [4.69, 9.17) is 5.84 Å². The lowest BCUT2D eigenvalue weighted by Crippen LogP contribution is -2.27. The minimum absolute atomic E-state index is 0.334. The number of thiophene rings is 1. The van der Waals surface area contributed by atoms with E-state index in [0.29, 0.717) is 6.04 Å². The van der Waals surface area contributed by atoms with Crippen LogP contribution < -0.4 is 11.3 Å². The zero-order valence-corrected chi connectivity index (χ0v) is 13.5. The van der Waals surface area contributed by atoms with E-state index < -0.39 is 0 Å². The lowest BCUT2D eigenvalue weighted by atomic mass is 10.0. The number of nitrogens with one attached hydrogen (secondary N) is 1. The summed E-state index contributed by atoms with van der Waals surface area (Å²) in [4.78, 5) is 0. The van der Waals surface area contributed by atoms with Gasteiger partial charge in [0.1, 0.15) is 0 Å². The SMILES string of the molecule is CCCCCCCCC(NN)c1csc(I)c1. The van der Waals surface area contributed by atoms with Crippen molar-refractivity contribution in [2.45, 2.75) is 57.9 Å². The summed E-state index contributed by atoms with van der Waals surface area (Å²) in [6, 6.07) is 2.56. The lowest BCUT2D eigenvalue weighted by molar-refractivity contribution is 0.478. The largest absolute Gasteiger partial charge is 0.271 e. The molecule has 0 radical (unpaired) electrons. The Morgan fingerprint density at radius 1 is 1.29 bits per heavy atom. The molecule has 98 valence electrons. The smallest absolute Gasteiger partial charge is 0.0656 e. The molecule has 4 heteroatoms. The maximum Gasteiger partial charge on any atom is 0.0656 e. The first-order valence-corrected chi connectivity index (χ1v) is 8.43. The van der Waals surface area contributed by atoms with Crippen LogP contribution in [0.3, 0.4) is 0 Å². The average Bonchev–Trinajstić information content (AvgIpc) is 2.75. The third-order valence-corrected chi connectivity index (χ3v) is 4.84. The number of hydrogen-bond donors (Lipinski definition) is 2. The van der Waals surface area contributed by atoms with Crippen molar-refractivity contribution in [3.05, 3.63) is 19.9 Å². The predicted molar refractivity (Wildman–Crippen MR) is 85.1 cm³/mol. The van der Waals surface area contributed by atoms with E-state index in [1.807, 2.05) is 0 Å². The summed E-state index contributed by atoms with van der Waals surface area (Å²) in [5.74, 6) is 5.63. The molecule has 1 aromatic rings. The number of halogens is 1. The molecule has 1 rings (SSSR count). The molecular weight excluding hydrogens is 343 g/mol. The fourth-order valence-corrected chi connectivity index (χ4v) is 3.41. The summed E-state index contributed by atoms with van der Waals surface area (Å²) in [5, 5.41) is 2.21. The number of unbranched alkanes of at least 4 members (excludes halogenated alkanes) is 5. The summed E-state index contributed by atoms with van der Waals surface area (Å²) in [5.41, 5.74) is 4.28. The molecule has 0 amide bonds. The molecule has 0 saturated carbocycles. The Hall–Kier alpha value is 0.350. The van der Waals surface area contributed by atoms with Gasteiger partial charge in [0.2, 0.25) is 0 Å². The van der Waals surface area contributed by atoms with Crippen molar-refractivity contribution in [3.63, 3.8) is 0 Å². The monoisotopic (exact) mass is 366 g/mol. The fourth-order valence-electron chi connectivity index (χ4n) is 1.98. The highest BCUT2D eigenvalue weighted by Gasteiger charge is 2.10. The molecule has 0 fully saturated rings. The van der Waals surface area contributed by atoms with Gasteiger partial charge in [-0.15, -0.1) is 11.3 Å². The van der Waals surface area contributed by atoms with Crippen LogP contribution in [0.15, 0.2) is 11.4 Å². The van der Waals surface area contributed by atoms with Crippen LogP contribution in [-0.4, -0.2) is 0 Å². The average molecular weight is 366 g/mol. The van der Waals surface area contributed by atoms with Gasteiger partial charge >= 0.3 is 0 Å². The summed E-state index contributed by atoms with van der Waals surface area (Å²) in [7, 11) is 0. The van der Waals surface area contributed by atoms with E-state index in [1.54, 1.807) is 11.3 Å². The molecule has 17 heavy (non-hydrogen) atoms. The number of hydrogen-bond acceptors (Lipinski definition) is 3. The molecule has 1 unspecified atom stereocenters. The minimum Gasteiger partial charge on any atom is -0.271 e.